The van der Waals surface area contributed by atoms with E-state index in [1.54, 1.807) is 12.1 Å². The molecule has 0 spiro atoms. The van der Waals surface area contributed by atoms with Gasteiger partial charge in [-0.15, -0.1) is 5.10 Å². The summed E-state index contributed by atoms with van der Waals surface area (Å²) in [6.07, 6.45) is -3.15. The fourth-order valence-corrected chi connectivity index (χ4v) is 3.40. The van der Waals surface area contributed by atoms with Gasteiger partial charge in [0.05, 0.1) is 10.6 Å². The minimum Gasteiger partial charge on any atom is -0.298 e. The molecular formula is C15H14F2N7O3S2+. The highest BCUT2D eigenvalue weighted by atomic mass is 32.2. The summed E-state index contributed by atoms with van der Waals surface area (Å²) >= 11 is 4.87. The number of rotatable bonds is 7. The van der Waals surface area contributed by atoms with Crippen molar-refractivity contribution in [3.05, 3.63) is 53.3 Å². The van der Waals surface area contributed by atoms with E-state index in [0.717, 1.165) is 0 Å². The van der Waals surface area contributed by atoms with Crippen LogP contribution in [0.3, 0.4) is 0 Å². The molecule has 0 fully saturated rings. The van der Waals surface area contributed by atoms with Crippen LogP contribution in [-0.4, -0.2) is 36.2 Å². The van der Waals surface area contributed by atoms with Crippen molar-refractivity contribution in [3.63, 3.8) is 0 Å². The lowest BCUT2D eigenvalue weighted by Crippen LogP contribution is -2.36. The number of anilines is 2. The van der Waals surface area contributed by atoms with Gasteiger partial charge in [-0.1, -0.05) is 11.3 Å². The summed E-state index contributed by atoms with van der Waals surface area (Å²) in [6, 6.07) is 11.6. The van der Waals surface area contributed by atoms with Crippen LogP contribution in [0, 0.1) is 4.77 Å². The number of alkyl halides is 2. The van der Waals surface area contributed by atoms with Gasteiger partial charge in [0.1, 0.15) is 0 Å². The van der Waals surface area contributed by atoms with Gasteiger partial charge < -0.3 is 0 Å². The van der Waals surface area contributed by atoms with Gasteiger partial charge in [-0.2, -0.15) is 8.78 Å². The molecule has 3 aromatic rings. The molecule has 1 heterocycles. The molecule has 1 aromatic heterocycles. The van der Waals surface area contributed by atoms with Crippen molar-refractivity contribution in [1.29, 1.82) is 0 Å². The second-order valence-corrected chi connectivity index (χ2v) is 7.62. The van der Waals surface area contributed by atoms with E-state index in [1.807, 2.05) is 5.43 Å². The zero-order valence-corrected chi connectivity index (χ0v) is 16.0. The standard InChI is InChI=1S/C15H13F2N7O3S2/c16-13(17)14(25)19-18-9-4-6-10(7-5-9)22-29(26,27)12-3-1-2-11(8-12)24-21-15(28)20-23-24/h1-8,13H,(H4,18,19,20,21,22,23,25,28)/p+1. The van der Waals surface area contributed by atoms with Crippen LogP contribution < -0.4 is 20.4 Å². The Kier molecular flexibility index (Phi) is 5.84. The maximum Gasteiger partial charge on any atom is 0.345 e. The highest BCUT2D eigenvalue weighted by Crippen LogP contribution is 2.19. The van der Waals surface area contributed by atoms with Crippen LogP contribution in [0.1, 0.15) is 0 Å². The minimum atomic E-state index is -3.92. The molecule has 14 heteroatoms. The van der Waals surface area contributed by atoms with E-state index in [0.29, 0.717) is 5.69 Å². The van der Waals surface area contributed by atoms with Crippen LogP contribution in [0.25, 0.3) is 5.69 Å². The zero-order chi connectivity index (χ0) is 21.0. The zero-order valence-electron chi connectivity index (χ0n) is 14.4. The molecule has 0 bridgehead atoms. The number of aromatic amines is 2. The summed E-state index contributed by atoms with van der Waals surface area (Å²) in [5, 5.41) is 9.22. The number of hydrogen-bond acceptors (Lipinski definition) is 6. The van der Waals surface area contributed by atoms with Crippen molar-refractivity contribution in [1.82, 2.24) is 20.8 Å². The van der Waals surface area contributed by atoms with Gasteiger partial charge in [0.15, 0.2) is 5.69 Å². The van der Waals surface area contributed by atoms with Crippen LogP contribution >= 0.6 is 12.2 Å². The van der Waals surface area contributed by atoms with Gasteiger partial charge >= 0.3 is 17.1 Å². The first-order valence-electron chi connectivity index (χ1n) is 7.89. The number of hydrazine groups is 1. The van der Waals surface area contributed by atoms with Crippen LogP contribution in [0.2, 0.25) is 0 Å². The van der Waals surface area contributed by atoms with Gasteiger partial charge in [-0.05, 0) is 53.4 Å². The Labute approximate surface area is 167 Å². The van der Waals surface area contributed by atoms with Gasteiger partial charge in [-0.25, -0.2) is 8.42 Å². The summed E-state index contributed by atoms with van der Waals surface area (Å²) in [5.74, 6) is -1.48. The third-order valence-corrected chi connectivity index (χ3v) is 5.06. The number of amides is 1. The van der Waals surface area contributed by atoms with Crippen LogP contribution in [0.4, 0.5) is 20.2 Å². The first-order chi connectivity index (χ1) is 13.7. The van der Waals surface area contributed by atoms with Crippen LogP contribution in [0.15, 0.2) is 53.4 Å². The van der Waals surface area contributed by atoms with E-state index in [1.165, 1.54) is 41.2 Å². The second kappa shape index (κ2) is 8.32. The molecule has 1 amide bonds. The molecule has 0 aliphatic heterocycles. The number of sulfonamides is 1. The highest BCUT2D eigenvalue weighted by Gasteiger charge is 2.17. The third-order valence-electron chi connectivity index (χ3n) is 3.50. The maximum atomic E-state index is 12.6. The number of carbonyl (C=O) groups is 1. The van der Waals surface area contributed by atoms with Gasteiger partial charge in [-0.3, -0.25) is 20.4 Å². The fraction of sp³-hybridized carbons (Fsp3) is 0.0667. The average Bonchev–Trinajstić information content (AvgIpc) is 3.13. The Hall–Kier alpha value is -3.39. The minimum absolute atomic E-state index is 0.0174. The first kappa shape index (κ1) is 20.3. The number of aromatic nitrogens is 4. The second-order valence-electron chi connectivity index (χ2n) is 5.55. The molecule has 29 heavy (non-hydrogen) atoms. The van der Waals surface area contributed by atoms with Gasteiger partial charge in [0.25, 0.3) is 10.0 Å². The van der Waals surface area contributed by atoms with Crippen molar-refractivity contribution in [2.45, 2.75) is 11.3 Å². The first-order valence-corrected chi connectivity index (χ1v) is 9.78. The Balaban J connectivity index is 1.72. The van der Waals surface area contributed by atoms with E-state index in [9.17, 15) is 22.0 Å². The predicted octanol–water partition coefficient (Wildman–Crippen LogP) is 1.25. The summed E-state index contributed by atoms with van der Waals surface area (Å²) in [7, 11) is -3.92. The number of hydrogen-bond donors (Lipinski definition) is 5. The lowest BCUT2D eigenvalue weighted by Gasteiger charge is -2.11. The topological polar surface area (TPSA) is 136 Å². The number of nitrogens with one attached hydrogen (secondary N) is 5. The van der Waals surface area contributed by atoms with Crippen LogP contribution in [0.5, 0.6) is 0 Å². The Bertz CT molecular complexity index is 1180. The number of tetrazole rings is 1. The molecule has 0 saturated carbocycles. The van der Waals surface area contributed by atoms with E-state index in [-0.39, 0.29) is 21.0 Å². The van der Waals surface area contributed by atoms with Crippen molar-refractivity contribution < 1.29 is 26.8 Å². The molecule has 0 radical (unpaired) electrons. The predicted molar refractivity (Wildman–Crippen MR) is 100 cm³/mol. The number of halogens is 2. The largest absolute Gasteiger partial charge is 0.345 e. The Morgan fingerprint density at radius 1 is 1.14 bits per heavy atom. The summed E-state index contributed by atoms with van der Waals surface area (Å²) in [4.78, 5) is 12.1. The number of nitrogens with zero attached hydrogens (tertiary/aromatic N) is 2. The smallest absolute Gasteiger partial charge is 0.298 e. The highest BCUT2D eigenvalue weighted by molar-refractivity contribution is 7.92. The van der Waals surface area contributed by atoms with Crippen molar-refractivity contribution in [2.75, 3.05) is 10.1 Å². The summed E-state index contributed by atoms with van der Waals surface area (Å²) in [5.41, 5.74) is 5.07. The molecule has 10 nitrogen and oxygen atoms in total. The fourth-order valence-electron chi connectivity index (χ4n) is 2.17. The molecule has 0 saturated heterocycles. The van der Waals surface area contributed by atoms with Crippen LogP contribution in [-0.2, 0) is 14.8 Å². The van der Waals surface area contributed by atoms with Gasteiger partial charge in [0.2, 0.25) is 0 Å². The van der Waals surface area contributed by atoms with E-state index in [4.69, 9.17) is 12.2 Å². The lowest BCUT2D eigenvalue weighted by molar-refractivity contribution is -0.717. The van der Waals surface area contributed by atoms with Crippen molar-refractivity contribution in [3.8, 4) is 5.69 Å². The summed E-state index contributed by atoms with van der Waals surface area (Å²) < 4.78 is 52.1. The molecule has 2 aromatic carbocycles. The maximum absolute atomic E-state index is 12.6. The molecule has 0 aliphatic carbocycles. The van der Waals surface area contributed by atoms with Crippen molar-refractivity contribution >= 4 is 39.5 Å². The number of carbonyl (C=O) groups excluding carboxylic acids is 1. The molecule has 5 N–H and O–H groups in total. The summed E-state index contributed by atoms with van der Waals surface area (Å²) in [6.45, 7) is 0. The molecule has 0 unspecified atom stereocenters. The third kappa shape index (κ3) is 5.11. The van der Waals surface area contributed by atoms with E-state index >= 15 is 0 Å². The lowest BCUT2D eigenvalue weighted by atomic mass is 10.3. The van der Waals surface area contributed by atoms with Crippen molar-refractivity contribution in [2.24, 2.45) is 0 Å². The normalized spacial score (nSPS) is 11.3. The van der Waals surface area contributed by atoms with E-state index < -0.39 is 22.4 Å². The monoisotopic (exact) mass is 442 g/mol. The number of H-pyrrole nitrogens is 2. The molecule has 0 atom stereocenters. The molecular weight excluding hydrogens is 428 g/mol. The Morgan fingerprint density at radius 2 is 1.83 bits per heavy atom. The van der Waals surface area contributed by atoms with E-state index in [2.05, 4.69) is 25.6 Å². The molecule has 0 aliphatic rings. The quantitative estimate of drug-likeness (QED) is 0.212. The SMILES string of the molecule is O=C(NNc1ccc(NS(=O)(=O)c2cccc(-[n+]3nc(=S)[nH][nH]3)c2)cc1)C(F)F. The number of benzene rings is 2. The Morgan fingerprint density at radius 3 is 2.45 bits per heavy atom. The molecule has 3 rings (SSSR count). The van der Waals surface area contributed by atoms with Gasteiger partial charge in [0, 0.05) is 16.9 Å². The average molecular weight is 442 g/mol. The molecule has 152 valence electrons.